The van der Waals surface area contributed by atoms with Gasteiger partial charge in [0, 0.05) is 0 Å². The largest absolute Gasteiger partial charge is 0.492 e. The first kappa shape index (κ1) is 17.0. The Kier molecular flexibility index (Phi) is 4.41. The minimum Gasteiger partial charge on any atom is -0.492 e. The van der Waals surface area contributed by atoms with Crippen LogP contribution in [0.2, 0.25) is 0 Å². The minimum absolute atomic E-state index is 0.0305. The second-order valence-corrected chi connectivity index (χ2v) is 6.07. The third kappa shape index (κ3) is 3.57. The van der Waals surface area contributed by atoms with Crippen molar-refractivity contribution < 1.29 is 15.4 Å². The van der Waals surface area contributed by atoms with Crippen molar-refractivity contribution in [3.63, 3.8) is 0 Å². The summed E-state index contributed by atoms with van der Waals surface area (Å²) in [6, 6.07) is 14.5. The van der Waals surface area contributed by atoms with Gasteiger partial charge in [-0.15, -0.1) is 0 Å². The quantitative estimate of drug-likeness (QED) is 0.508. The lowest BCUT2D eigenvalue weighted by molar-refractivity contribution is 0.136. The lowest BCUT2D eigenvalue weighted by Gasteiger charge is -2.18. The van der Waals surface area contributed by atoms with E-state index in [4.69, 9.17) is 0 Å². The second-order valence-electron chi connectivity index (χ2n) is 6.07. The first-order valence-corrected chi connectivity index (χ1v) is 8.31. The van der Waals surface area contributed by atoms with Gasteiger partial charge in [-0.2, -0.15) is 4.98 Å². The molecular formula is C19H17N5O3. The van der Waals surface area contributed by atoms with Crippen LogP contribution in [0.1, 0.15) is 17.4 Å². The van der Waals surface area contributed by atoms with Gasteiger partial charge in [0.1, 0.15) is 12.0 Å². The fraction of sp³-hybridized carbons (Fsp3) is 0.105. The maximum atomic E-state index is 10.2. The zero-order chi connectivity index (χ0) is 18.8. The lowest BCUT2D eigenvalue weighted by atomic mass is 10.1. The van der Waals surface area contributed by atoms with E-state index in [-0.39, 0.29) is 18.4 Å². The van der Waals surface area contributed by atoms with Crippen LogP contribution in [0.5, 0.6) is 5.88 Å². The Morgan fingerprint density at radius 1 is 1.15 bits per heavy atom. The number of hydroxylamine groups is 1. The SMILES string of the molecule is Oc1nc(N(O)C[C@@H](O)c2ccccc2)[nH]c1C=c1ccc2c(c1)N=CN=2. The smallest absolute Gasteiger partial charge is 0.238 e. The van der Waals surface area contributed by atoms with Crippen molar-refractivity contribution >= 4 is 24.1 Å². The molecule has 4 N–H and O–H groups in total. The number of rotatable bonds is 5. The molecule has 3 aromatic rings. The van der Waals surface area contributed by atoms with Crippen molar-refractivity contribution in [2.24, 2.45) is 9.98 Å². The van der Waals surface area contributed by atoms with Crippen LogP contribution in [-0.2, 0) is 0 Å². The van der Waals surface area contributed by atoms with Gasteiger partial charge in [-0.05, 0) is 29.0 Å². The molecule has 2 aromatic carbocycles. The number of aromatic amines is 1. The first-order chi connectivity index (χ1) is 13.1. The van der Waals surface area contributed by atoms with Gasteiger partial charge in [-0.3, -0.25) is 5.21 Å². The van der Waals surface area contributed by atoms with Crippen molar-refractivity contribution in [3.8, 4) is 5.88 Å². The summed E-state index contributed by atoms with van der Waals surface area (Å²) < 4.78 is 0. The average molecular weight is 363 g/mol. The molecule has 0 amide bonds. The van der Waals surface area contributed by atoms with Crippen molar-refractivity contribution in [1.82, 2.24) is 9.97 Å². The van der Waals surface area contributed by atoms with Crippen LogP contribution in [-0.4, -0.2) is 38.3 Å². The molecule has 0 bridgehead atoms. The van der Waals surface area contributed by atoms with Crippen LogP contribution < -0.4 is 15.6 Å². The van der Waals surface area contributed by atoms with Crippen LogP contribution in [0, 0.1) is 0 Å². The summed E-state index contributed by atoms with van der Waals surface area (Å²) in [5.41, 5.74) is 1.75. The van der Waals surface area contributed by atoms with Gasteiger partial charge in [-0.25, -0.2) is 15.0 Å². The molecule has 8 heteroatoms. The Balaban J connectivity index is 1.55. The minimum atomic E-state index is -0.908. The third-order valence-corrected chi connectivity index (χ3v) is 4.18. The standard InChI is InChI=1S/C19H17N5O3/c25-17(13-4-2-1-3-5-13)10-24(27)19-22-16(18(26)23-19)9-12-6-7-14-15(8-12)21-11-20-14/h1-9,11,17,25-27H,10H2,(H,22,23)/t17-/m1/s1. The number of H-pyrrole nitrogens is 1. The number of aliphatic hydroxyl groups excluding tert-OH is 1. The number of anilines is 1. The van der Waals surface area contributed by atoms with Gasteiger partial charge < -0.3 is 15.2 Å². The van der Waals surface area contributed by atoms with E-state index < -0.39 is 6.10 Å². The number of aromatic hydroxyl groups is 1. The van der Waals surface area contributed by atoms with E-state index in [0.29, 0.717) is 11.3 Å². The van der Waals surface area contributed by atoms with Crippen LogP contribution in [0.3, 0.4) is 0 Å². The highest BCUT2D eigenvalue weighted by molar-refractivity contribution is 5.67. The second kappa shape index (κ2) is 7.02. The highest BCUT2D eigenvalue weighted by Gasteiger charge is 2.17. The number of nitrogens with zero attached hydrogens (tertiary/aromatic N) is 4. The molecule has 1 atom stereocenters. The fourth-order valence-corrected chi connectivity index (χ4v) is 2.78. The molecule has 27 heavy (non-hydrogen) atoms. The highest BCUT2D eigenvalue weighted by atomic mass is 16.5. The number of aliphatic imine (C=N–C) groups is 1. The molecule has 0 fully saturated rings. The fourth-order valence-electron chi connectivity index (χ4n) is 2.78. The van der Waals surface area contributed by atoms with Crippen LogP contribution in [0.15, 0.2) is 58.5 Å². The van der Waals surface area contributed by atoms with Crippen molar-refractivity contribution in [2.75, 3.05) is 11.6 Å². The molecule has 8 nitrogen and oxygen atoms in total. The Morgan fingerprint density at radius 2 is 1.96 bits per heavy atom. The number of benzene rings is 2. The van der Waals surface area contributed by atoms with Gasteiger partial charge in [0.25, 0.3) is 0 Å². The summed E-state index contributed by atoms with van der Waals surface area (Å²) in [6.45, 7) is -0.106. The summed E-state index contributed by atoms with van der Waals surface area (Å²) in [5.74, 6) is -0.227. The monoisotopic (exact) mass is 363 g/mol. The highest BCUT2D eigenvalue weighted by Crippen LogP contribution is 2.21. The molecule has 0 unspecified atom stereocenters. The van der Waals surface area contributed by atoms with E-state index >= 15 is 0 Å². The summed E-state index contributed by atoms with van der Waals surface area (Å²) in [7, 11) is 0. The Hall–Kier alpha value is -3.49. The first-order valence-electron chi connectivity index (χ1n) is 8.31. The molecule has 0 aliphatic carbocycles. The Morgan fingerprint density at radius 3 is 2.78 bits per heavy atom. The van der Waals surface area contributed by atoms with E-state index in [0.717, 1.165) is 21.3 Å². The van der Waals surface area contributed by atoms with E-state index in [1.165, 1.54) is 6.34 Å². The van der Waals surface area contributed by atoms with Gasteiger partial charge in [0.05, 0.1) is 23.7 Å². The molecule has 0 saturated heterocycles. The summed E-state index contributed by atoms with van der Waals surface area (Å²) in [4.78, 5) is 15.0. The number of nitrogens with one attached hydrogen (secondary N) is 1. The molecular weight excluding hydrogens is 346 g/mol. The predicted octanol–water partition coefficient (Wildman–Crippen LogP) is 1.17. The number of hydrogen-bond acceptors (Lipinski definition) is 7. The molecule has 2 heterocycles. The van der Waals surface area contributed by atoms with E-state index in [9.17, 15) is 15.4 Å². The number of fused-ring (bicyclic) bond motifs is 1. The molecule has 1 aliphatic rings. The summed E-state index contributed by atoms with van der Waals surface area (Å²) in [5, 5.41) is 32.8. The molecule has 136 valence electrons. The zero-order valence-electron chi connectivity index (χ0n) is 14.2. The van der Waals surface area contributed by atoms with Gasteiger partial charge in [0.2, 0.25) is 11.8 Å². The van der Waals surface area contributed by atoms with Gasteiger partial charge in [-0.1, -0.05) is 36.4 Å². The molecule has 0 spiro atoms. The molecule has 1 aromatic heterocycles. The zero-order valence-corrected chi connectivity index (χ0v) is 14.2. The Bertz CT molecular complexity index is 1110. The van der Waals surface area contributed by atoms with Gasteiger partial charge in [0.15, 0.2) is 0 Å². The van der Waals surface area contributed by atoms with Crippen molar-refractivity contribution in [3.05, 3.63) is 70.4 Å². The number of aromatic nitrogens is 2. The third-order valence-electron chi connectivity index (χ3n) is 4.18. The van der Waals surface area contributed by atoms with Crippen molar-refractivity contribution in [2.45, 2.75) is 6.10 Å². The van der Waals surface area contributed by atoms with Crippen molar-refractivity contribution in [1.29, 1.82) is 0 Å². The molecule has 4 rings (SSSR count). The predicted molar refractivity (Wildman–Crippen MR) is 99.7 cm³/mol. The van der Waals surface area contributed by atoms with Gasteiger partial charge >= 0.3 is 0 Å². The van der Waals surface area contributed by atoms with E-state index in [2.05, 4.69) is 20.0 Å². The van der Waals surface area contributed by atoms with E-state index in [1.54, 1.807) is 30.3 Å². The maximum absolute atomic E-state index is 10.2. The molecule has 1 aliphatic heterocycles. The number of hydrogen-bond donors (Lipinski definition) is 4. The maximum Gasteiger partial charge on any atom is 0.238 e. The topological polar surface area (TPSA) is 117 Å². The molecule has 0 radical (unpaired) electrons. The summed E-state index contributed by atoms with van der Waals surface area (Å²) >= 11 is 0. The van der Waals surface area contributed by atoms with Crippen LogP contribution >= 0.6 is 0 Å². The number of aliphatic hydroxyl groups is 1. The summed E-state index contributed by atoms with van der Waals surface area (Å²) in [6.07, 6.45) is 2.26. The normalized spacial score (nSPS) is 14.1. The molecule has 0 saturated carbocycles. The average Bonchev–Trinajstić information content (AvgIpc) is 3.29. The van der Waals surface area contributed by atoms with Crippen LogP contribution in [0.4, 0.5) is 11.6 Å². The van der Waals surface area contributed by atoms with Crippen LogP contribution in [0.25, 0.3) is 6.08 Å². The Labute approximate surface area is 154 Å². The lowest BCUT2D eigenvalue weighted by Crippen LogP contribution is -2.25. The van der Waals surface area contributed by atoms with E-state index in [1.807, 2.05) is 24.3 Å². The number of imidazole rings is 1.